The lowest BCUT2D eigenvalue weighted by molar-refractivity contribution is -0.127. The average molecular weight is 365 g/mol. The van der Waals surface area contributed by atoms with Gasteiger partial charge in [0.25, 0.3) is 5.91 Å². The quantitative estimate of drug-likeness (QED) is 0.775. The summed E-state index contributed by atoms with van der Waals surface area (Å²) in [6, 6.07) is 11.9. The molecule has 2 aromatic carbocycles. The fourth-order valence-corrected chi connectivity index (χ4v) is 2.29. The van der Waals surface area contributed by atoms with Gasteiger partial charge in [-0.15, -0.1) is 0 Å². The molecule has 0 aliphatic heterocycles. The third-order valence-electron chi connectivity index (χ3n) is 3.58. The van der Waals surface area contributed by atoms with E-state index < -0.39 is 12.7 Å². The fourth-order valence-electron chi connectivity index (χ4n) is 2.29. The molecular formula is C19H21F2NO4. The summed E-state index contributed by atoms with van der Waals surface area (Å²) in [5, 5.41) is 2.74. The van der Waals surface area contributed by atoms with Gasteiger partial charge in [0.2, 0.25) is 0 Å². The van der Waals surface area contributed by atoms with Crippen LogP contribution in [-0.4, -0.2) is 25.7 Å². The Labute approximate surface area is 150 Å². The van der Waals surface area contributed by atoms with E-state index in [2.05, 4.69) is 10.1 Å². The van der Waals surface area contributed by atoms with Gasteiger partial charge in [0, 0.05) is 6.54 Å². The van der Waals surface area contributed by atoms with E-state index in [-0.39, 0.29) is 24.0 Å². The number of aryl methyl sites for hydroxylation is 1. The van der Waals surface area contributed by atoms with Crippen LogP contribution in [0.15, 0.2) is 42.5 Å². The first-order valence-corrected chi connectivity index (χ1v) is 8.02. The molecule has 0 radical (unpaired) electrons. The third kappa shape index (κ3) is 5.61. The summed E-state index contributed by atoms with van der Waals surface area (Å²) in [4.78, 5) is 12.2. The Morgan fingerprint density at radius 1 is 1.12 bits per heavy atom. The Bertz CT molecular complexity index is 752. The van der Waals surface area contributed by atoms with E-state index in [1.165, 1.54) is 19.2 Å². The largest absolute Gasteiger partial charge is 0.493 e. The molecule has 0 aromatic heterocycles. The first-order valence-electron chi connectivity index (χ1n) is 8.02. The molecule has 0 saturated carbocycles. The highest BCUT2D eigenvalue weighted by Gasteiger charge is 2.15. The number of hydrogen-bond donors (Lipinski definition) is 1. The molecular weight excluding hydrogens is 344 g/mol. The zero-order chi connectivity index (χ0) is 19.1. The molecule has 0 spiro atoms. The van der Waals surface area contributed by atoms with Gasteiger partial charge in [-0.2, -0.15) is 8.78 Å². The van der Waals surface area contributed by atoms with Crippen molar-refractivity contribution in [3.63, 3.8) is 0 Å². The Hall–Kier alpha value is -2.83. The summed E-state index contributed by atoms with van der Waals surface area (Å²) in [7, 11) is 1.35. The topological polar surface area (TPSA) is 56.8 Å². The number of carbonyl (C=O) groups excluding carboxylic acids is 1. The number of amides is 1. The monoisotopic (exact) mass is 365 g/mol. The lowest BCUT2D eigenvalue weighted by atomic mass is 10.2. The van der Waals surface area contributed by atoms with Crippen molar-refractivity contribution in [2.75, 3.05) is 7.11 Å². The molecule has 7 heteroatoms. The van der Waals surface area contributed by atoms with Crippen molar-refractivity contribution < 1.29 is 27.8 Å². The average Bonchev–Trinajstić information content (AvgIpc) is 2.60. The predicted molar refractivity (Wildman–Crippen MR) is 92.7 cm³/mol. The first kappa shape index (κ1) is 19.5. The van der Waals surface area contributed by atoms with Crippen LogP contribution in [0.3, 0.4) is 0 Å². The van der Waals surface area contributed by atoms with E-state index in [1.54, 1.807) is 19.1 Å². The van der Waals surface area contributed by atoms with E-state index >= 15 is 0 Å². The van der Waals surface area contributed by atoms with Gasteiger partial charge in [0.05, 0.1) is 7.11 Å². The Morgan fingerprint density at radius 2 is 1.88 bits per heavy atom. The summed E-state index contributed by atoms with van der Waals surface area (Å²) in [5.74, 6) is 0.427. The van der Waals surface area contributed by atoms with Crippen LogP contribution < -0.4 is 19.5 Å². The van der Waals surface area contributed by atoms with Crippen molar-refractivity contribution in [2.45, 2.75) is 33.1 Å². The molecule has 2 rings (SSSR count). The highest BCUT2D eigenvalue weighted by Crippen LogP contribution is 2.29. The number of benzene rings is 2. The second-order valence-electron chi connectivity index (χ2n) is 5.66. The summed E-state index contributed by atoms with van der Waals surface area (Å²) in [5.41, 5.74) is 1.72. The molecule has 0 heterocycles. The van der Waals surface area contributed by atoms with Crippen LogP contribution in [0, 0.1) is 6.92 Å². The molecule has 1 N–H and O–H groups in total. The molecule has 2 aromatic rings. The van der Waals surface area contributed by atoms with Crippen LogP contribution in [0.5, 0.6) is 17.2 Å². The molecule has 0 aliphatic carbocycles. The SMILES string of the molecule is COc1cc(CNC(=O)[C@H](C)Oc2cccc(C)c2)ccc1OC(F)F. The lowest BCUT2D eigenvalue weighted by Crippen LogP contribution is -2.35. The van der Waals surface area contributed by atoms with Crippen LogP contribution in [0.25, 0.3) is 0 Å². The van der Waals surface area contributed by atoms with E-state index in [4.69, 9.17) is 9.47 Å². The number of ether oxygens (including phenoxy) is 3. The van der Waals surface area contributed by atoms with E-state index in [9.17, 15) is 13.6 Å². The molecule has 0 fully saturated rings. The van der Waals surface area contributed by atoms with Crippen LogP contribution in [0.4, 0.5) is 8.78 Å². The van der Waals surface area contributed by atoms with Gasteiger partial charge in [-0.05, 0) is 49.2 Å². The van der Waals surface area contributed by atoms with Crippen LogP contribution >= 0.6 is 0 Å². The van der Waals surface area contributed by atoms with Crippen molar-refractivity contribution in [2.24, 2.45) is 0 Å². The number of rotatable bonds is 8. The van der Waals surface area contributed by atoms with E-state index in [0.717, 1.165) is 5.56 Å². The molecule has 1 atom stereocenters. The number of carbonyl (C=O) groups is 1. The van der Waals surface area contributed by atoms with Gasteiger partial charge in [-0.3, -0.25) is 4.79 Å². The zero-order valence-electron chi connectivity index (χ0n) is 14.8. The van der Waals surface area contributed by atoms with Gasteiger partial charge < -0.3 is 19.5 Å². The van der Waals surface area contributed by atoms with Crippen molar-refractivity contribution in [1.82, 2.24) is 5.32 Å². The minimum absolute atomic E-state index is 0.0614. The normalized spacial score (nSPS) is 11.8. The summed E-state index contributed by atoms with van der Waals surface area (Å²) in [6.07, 6.45) is -0.680. The van der Waals surface area contributed by atoms with Crippen LogP contribution in [-0.2, 0) is 11.3 Å². The maximum Gasteiger partial charge on any atom is 0.387 e. The summed E-state index contributed by atoms with van der Waals surface area (Å²) in [6.45, 7) is 0.852. The third-order valence-corrected chi connectivity index (χ3v) is 3.58. The van der Waals surface area contributed by atoms with Crippen LogP contribution in [0.2, 0.25) is 0 Å². The number of alkyl halides is 2. The fraction of sp³-hybridized carbons (Fsp3) is 0.316. The minimum atomic E-state index is -2.94. The smallest absolute Gasteiger partial charge is 0.387 e. The number of hydrogen-bond acceptors (Lipinski definition) is 4. The maximum absolute atomic E-state index is 12.3. The van der Waals surface area contributed by atoms with Crippen molar-refractivity contribution >= 4 is 5.91 Å². The molecule has 0 saturated heterocycles. The highest BCUT2D eigenvalue weighted by molar-refractivity contribution is 5.80. The Morgan fingerprint density at radius 3 is 2.54 bits per heavy atom. The number of nitrogens with one attached hydrogen (secondary N) is 1. The van der Waals surface area contributed by atoms with Gasteiger partial charge >= 0.3 is 6.61 Å². The van der Waals surface area contributed by atoms with Crippen molar-refractivity contribution in [1.29, 1.82) is 0 Å². The Kier molecular flexibility index (Phi) is 6.77. The molecule has 140 valence electrons. The number of methoxy groups -OCH3 is 1. The van der Waals surface area contributed by atoms with Gasteiger partial charge in [-0.1, -0.05) is 18.2 Å². The second-order valence-corrected chi connectivity index (χ2v) is 5.66. The lowest BCUT2D eigenvalue weighted by Gasteiger charge is -2.16. The van der Waals surface area contributed by atoms with Crippen molar-refractivity contribution in [3.05, 3.63) is 53.6 Å². The zero-order valence-corrected chi connectivity index (χ0v) is 14.8. The molecule has 5 nitrogen and oxygen atoms in total. The highest BCUT2D eigenvalue weighted by atomic mass is 19.3. The maximum atomic E-state index is 12.3. The molecule has 0 unspecified atom stereocenters. The predicted octanol–water partition coefficient (Wildman–Crippen LogP) is 3.69. The van der Waals surface area contributed by atoms with E-state index in [0.29, 0.717) is 11.3 Å². The summed E-state index contributed by atoms with van der Waals surface area (Å²) >= 11 is 0. The van der Waals surface area contributed by atoms with Crippen molar-refractivity contribution in [3.8, 4) is 17.2 Å². The number of halogens is 2. The Balaban J connectivity index is 1.93. The molecule has 0 bridgehead atoms. The molecule has 0 aliphatic rings. The van der Waals surface area contributed by atoms with Gasteiger partial charge in [-0.25, -0.2) is 0 Å². The minimum Gasteiger partial charge on any atom is -0.493 e. The summed E-state index contributed by atoms with van der Waals surface area (Å²) < 4.78 is 39.7. The van der Waals surface area contributed by atoms with E-state index in [1.807, 2.05) is 25.1 Å². The second kappa shape index (κ2) is 9.03. The standard InChI is InChI=1S/C19H21F2NO4/c1-12-5-4-6-15(9-12)25-13(2)18(23)22-11-14-7-8-16(26-19(20)21)17(10-14)24-3/h4-10,13,19H,11H2,1-3H3,(H,22,23)/t13-/m0/s1. The van der Waals surface area contributed by atoms with Crippen LogP contribution in [0.1, 0.15) is 18.1 Å². The molecule has 26 heavy (non-hydrogen) atoms. The molecule has 1 amide bonds. The first-order chi connectivity index (χ1) is 12.4. The van der Waals surface area contributed by atoms with Gasteiger partial charge in [0.15, 0.2) is 17.6 Å². The van der Waals surface area contributed by atoms with Gasteiger partial charge in [0.1, 0.15) is 5.75 Å².